The second-order valence-electron chi connectivity index (χ2n) is 7.37. The van der Waals surface area contributed by atoms with Crippen molar-refractivity contribution in [2.45, 2.75) is 37.4 Å². The van der Waals surface area contributed by atoms with Gasteiger partial charge >= 0.3 is 6.18 Å². The average molecular weight is 401 g/mol. The molecule has 2 aromatic heterocycles. The molecule has 2 N–H and O–H groups in total. The molecule has 0 radical (unpaired) electrons. The minimum absolute atomic E-state index is 0.0655. The number of benzene rings is 1. The van der Waals surface area contributed by atoms with Crippen molar-refractivity contribution in [2.24, 2.45) is 0 Å². The van der Waals surface area contributed by atoms with Crippen molar-refractivity contribution in [3.63, 3.8) is 0 Å². The summed E-state index contributed by atoms with van der Waals surface area (Å²) in [5.74, 6) is -0.950. The van der Waals surface area contributed by atoms with Gasteiger partial charge in [0.25, 0.3) is 5.91 Å². The number of rotatable bonds is 6. The molecule has 0 spiro atoms. The van der Waals surface area contributed by atoms with Crippen LogP contribution in [-0.4, -0.2) is 33.4 Å². The van der Waals surface area contributed by atoms with Crippen LogP contribution >= 0.6 is 0 Å². The second-order valence-corrected chi connectivity index (χ2v) is 7.37. The number of carbonyl (C=O) groups excluding carboxylic acids is 2. The first-order valence-corrected chi connectivity index (χ1v) is 9.18. The van der Waals surface area contributed by atoms with Crippen LogP contribution in [0.2, 0.25) is 0 Å². The summed E-state index contributed by atoms with van der Waals surface area (Å²) < 4.78 is 39.1. The summed E-state index contributed by atoms with van der Waals surface area (Å²) in [6, 6.07) is 10.6. The molecule has 5 nitrogen and oxygen atoms in total. The maximum atomic E-state index is 13.0. The van der Waals surface area contributed by atoms with Gasteiger partial charge in [-0.1, -0.05) is 12.1 Å². The maximum absolute atomic E-state index is 13.0. The molecular weight excluding hydrogens is 383 g/mol. The topological polar surface area (TPSA) is 74.8 Å². The lowest BCUT2D eigenvalue weighted by Gasteiger charge is -2.20. The zero-order valence-corrected chi connectivity index (χ0v) is 15.3. The number of nitrogens with zero attached hydrogens (tertiary/aromatic N) is 1. The lowest BCUT2D eigenvalue weighted by atomic mass is 10.0. The normalized spacial score (nSPS) is 15.3. The average Bonchev–Trinajstić information content (AvgIpc) is 3.31. The molecule has 4 rings (SSSR count). The third kappa shape index (κ3) is 4.01. The van der Waals surface area contributed by atoms with E-state index < -0.39 is 17.6 Å². The van der Waals surface area contributed by atoms with Crippen molar-refractivity contribution in [1.82, 2.24) is 15.3 Å². The SMILES string of the molecule is O=C(Cc1ccnc(C(=O)NC2(C(F)(F)F)CC2)c1)Cc1ccc2cc[nH]c2c1. The second kappa shape index (κ2) is 7.02. The highest BCUT2D eigenvalue weighted by Gasteiger charge is 2.64. The molecule has 150 valence electrons. The summed E-state index contributed by atoms with van der Waals surface area (Å²) in [5.41, 5.74) is 0.0647. The minimum Gasteiger partial charge on any atom is -0.361 e. The van der Waals surface area contributed by atoms with E-state index >= 15 is 0 Å². The van der Waals surface area contributed by atoms with E-state index in [0.29, 0.717) is 5.56 Å². The third-order valence-corrected chi connectivity index (χ3v) is 5.12. The van der Waals surface area contributed by atoms with Crippen LogP contribution in [0.15, 0.2) is 48.8 Å². The largest absolute Gasteiger partial charge is 0.411 e. The number of Topliss-reactive ketones (excluding diaryl/α,β-unsaturated/α-hetero) is 1. The van der Waals surface area contributed by atoms with Gasteiger partial charge in [0.15, 0.2) is 0 Å². The molecule has 0 unspecified atom stereocenters. The van der Waals surface area contributed by atoms with Gasteiger partial charge in [-0.15, -0.1) is 0 Å². The van der Waals surface area contributed by atoms with Crippen LogP contribution in [0.3, 0.4) is 0 Å². The van der Waals surface area contributed by atoms with Crippen LogP contribution in [0, 0.1) is 0 Å². The molecule has 0 saturated heterocycles. The molecule has 0 aliphatic heterocycles. The number of ketones is 1. The Morgan fingerprint density at radius 2 is 1.79 bits per heavy atom. The first-order valence-electron chi connectivity index (χ1n) is 9.18. The lowest BCUT2D eigenvalue weighted by Crippen LogP contribution is -2.48. The molecule has 1 aromatic carbocycles. The number of pyridine rings is 1. The van der Waals surface area contributed by atoms with Crippen LogP contribution in [-0.2, 0) is 17.6 Å². The van der Waals surface area contributed by atoms with Crippen LogP contribution in [0.4, 0.5) is 13.2 Å². The Morgan fingerprint density at radius 1 is 1.07 bits per heavy atom. The van der Waals surface area contributed by atoms with Gasteiger partial charge in [0, 0.05) is 30.8 Å². The van der Waals surface area contributed by atoms with Gasteiger partial charge in [0.1, 0.15) is 17.0 Å². The first-order chi connectivity index (χ1) is 13.8. The summed E-state index contributed by atoms with van der Waals surface area (Å²) in [6.07, 6.45) is -1.32. The van der Waals surface area contributed by atoms with E-state index in [1.807, 2.05) is 35.8 Å². The van der Waals surface area contributed by atoms with E-state index in [1.54, 1.807) is 6.07 Å². The van der Waals surface area contributed by atoms with Gasteiger partial charge in [-0.25, -0.2) is 0 Å². The molecule has 8 heteroatoms. The molecular formula is C21H18F3N3O2. The fourth-order valence-electron chi connectivity index (χ4n) is 3.32. The Bertz CT molecular complexity index is 1080. The molecule has 2 heterocycles. The highest BCUT2D eigenvalue weighted by molar-refractivity contribution is 5.93. The van der Waals surface area contributed by atoms with Crippen molar-refractivity contribution in [1.29, 1.82) is 0 Å². The number of carbonyl (C=O) groups is 2. The Balaban J connectivity index is 1.41. The number of halogens is 3. The molecule has 0 bridgehead atoms. The number of aromatic nitrogens is 2. The quantitative estimate of drug-likeness (QED) is 0.661. The van der Waals surface area contributed by atoms with E-state index in [2.05, 4.69) is 9.97 Å². The van der Waals surface area contributed by atoms with Crippen LogP contribution in [0.5, 0.6) is 0 Å². The summed E-state index contributed by atoms with van der Waals surface area (Å²) in [7, 11) is 0. The lowest BCUT2D eigenvalue weighted by molar-refractivity contribution is -0.163. The number of hydrogen-bond acceptors (Lipinski definition) is 3. The van der Waals surface area contributed by atoms with Crippen molar-refractivity contribution in [2.75, 3.05) is 0 Å². The molecule has 0 atom stereocenters. The Morgan fingerprint density at radius 3 is 2.48 bits per heavy atom. The summed E-state index contributed by atoms with van der Waals surface area (Å²) in [6.45, 7) is 0. The monoisotopic (exact) mass is 401 g/mol. The van der Waals surface area contributed by atoms with Gasteiger partial charge in [0.05, 0.1) is 0 Å². The summed E-state index contributed by atoms with van der Waals surface area (Å²) in [4.78, 5) is 31.6. The van der Waals surface area contributed by atoms with Crippen LogP contribution in [0.25, 0.3) is 10.9 Å². The van der Waals surface area contributed by atoms with Gasteiger partial charge in [-0.2, -0.15) is 13.2 Å². The van der Waals surface area contributed by atoms with Crippen molar-refractivity contribution in [3.05, 3.63) is 65.6 Å². The van der Waals surface area contributed by atoms with Gasteiger partial charge in [-0.05, 0) is 53.6 Å². The molecule has 1 saturated carbocycles. The van der Waals surface area contributed by atoms with Gasteiger partial charge in [-0.3, -0.25) is 14.6 Å². The zero-order valence-electron chi connectivity index (χ0n) is 15.3. The molecule has 1 aliphatic carbocycles. The predicted octanol–water partition coefficient (Wildman–Crippen LogP) is 3.74. The number of amides is 1. The zero-order chi connectivity index (χ0) is 20.6. The summed E-state index contributed by atoms with van der Waals surface area (Å²) >= 11 is 0. The fourth-order valence-corrected chi connectivity index (χ4v) is 3.32. The minimum atomic E-state index is -4.49. The van der Waals surface area contributed by atoms with E-state index in [9.17, 15) is 22.8 Å². The maximum Gasteiger partial charge on any atom is 0.411 e. The highest BCUT2D eigenvalue weighted by Crippen LogP contribution is 2.49. The third-order valence-electron chi connectivity index (χ3n) is 5.12. The number of hydrogen-bond donors (Lipinski definition) is 2. The Kier molecular flexibility index (Phi) is 4.64. The van der Waals surface area contributed by atoms with Crippen molar-refractivity contribution in [3.8, 4) is 0 Å². The molecule has 3 aromatic rings. The fraction of sp³-hybridized carbons (Fsp3) is 0.286. The molecule has 1 aliphatic rings. The predicted molar refractivity (Wildman–Crippen MR) is 100 cm³/mol. The van der Waals surface area contributed by atoms with Gasteiger partial charge < -0.3 is 10.3 Å². The summed E-state index contributed by atoms with van der Waals surface area (Å²) in [5, 5.41) is 3.10. The van der Waals surface area contributed by atoms with E-state index in [4.69, 9.17) is 0 Å². The van der Waals surface area contributed by atoms with E-state index in [1.165, 1.54) is 12.3 Å². The molecule has 1 fully saturated rings. The smallest absolute Gasteiger partial charge is 0.361 e. The number of H-pyrrole nitrogens is 1. The molecule has 1 amide bonds. The standard InChI is InChI=1S/C21H18F3N3O2/c22-21(23,24)20(5-6-20)27-19(29)18-12-14(3-7-26-18)10-16(28)9-13-1-2-15-4-8-25-17(15)11-13/h1-4,7-8,11-12,25H,5-6,9-10H2,(H,27,29). The highest BCUT2D eigenvalue weighted by atomic mass is 19.4. The van der Waals surface area contributed by atoms with Gasteiger partial charge in [0.2, 0.25) is 0 Å². The number of aromatic amines is 1. The first kappa shape index (κ1) is 19.2. The number of alkyl halides is 3. The van der Waals surface area contributed by atoms with Crippen molar-refractivity contribution < 1.29 is 22.8 Å². The van der Waals surface area contributed by atoms with Crippen molar-refractivity contribution >= 4 is 22.6 Å². The molecule has 29 heavy (non-hydrogen) atoms. The van der Waals surface area contributed by atoms with Crippen LogP contribution in [0.1, 0.15) is 34.5 Å². The van der Waals surface area contributed by atoms with E-state index in [0.717, 1.165) is 16.5 Å². The number of fused-ring (bicyclic) bond motifs is 1. The number of nitrogens with one attached hydrogen (secondary N) is 2. The Hall–Kier alpha value is -3.16. The Labute approximate surface area is 164 Å². The van der Waals surface area contributed by atoms with E-state index in [-0.39, 0.29) is 37.2 Å². The van der Waals surface area contributed by atoms with Crippen LogP contribution < -0.4 is 5.32 Å².